The molecule has 0 saturated heterocycles. The first kappa shape index (κ1) is 17.3. The highest BCUT2D eigenvalue weighted by molar-refractivity contribution is 7.88. The number of hydrogen-bond donors (Lipinski definition) is 0. The number of nitrogens with zero attached hydrogens (tertiary/aromatic N) is 4. The lowest BCUT2D eigenvalue weighted by Crippen LogP contribution is -2.28. The van der Waals surface area contributed by atoms with E-state index in [9.17, 15) is 21.6 Å². The topological polar surface area (TPSA) is 89.2 Å². The van der Waals surface area contributed by atoms with Crippen molar-refractivity contribution in [2.45, 2.75) is 18.9 Å². The van der Waals surface area contributed by atoms with E-state index in [0.29, 0.717) is 0 Å². The maximum absolute atomic E-state index is 12.9. The van der Waals surface area contributed by atoms with Crippen molar-refractivity contribution in [2.75, 3.05) is 13.6 Å². The molecule has 0 saturated carbocycles. The molecular weight excluding hydrogens is 337 g/mol. The summed E-state index contributed by atoms with van der Waals surface area (Å²) >= 11 is 0. The molecule has 7 nitrogen and oxygen atoms in total. The molecule has 0 aliphatic rings. The van der Waals surface area contributed by atoms with Gasteiger partial charge in [0.1, 0.15) is 5.75 Å². The predicted octanol–water partition coefficient (Wildman–Crippen LogP) is 1.93. The monoisotopic (exact) mass is 350 g/mol. The first-order valence-corrected chi connectivity index (χ1v) is 8.04. The van der Waals surface area contributed by atoms with E-state index in [1.54, 1.807) is 6.92 Å². The average Bonchev–Trinajstić information content (AvgIpc) is 2.93. The molecule has 0 N–H and O–H groups in total. The Morgan fingerprint density at radius 2 is 2.04 bits per heavy atom. The van der Waals surface area contributed by atoms with Gasteiger partial charge in [0, 0.05) is 26.0 Å². The fourth-order valence-corrected chi connectivity index (χ4v) is 2.76. The first-order valence-electron chi connectivity index (χ1n) is 6.43. The van der Waals surface area contributed by atoms with Crippen LogP contribution in [-0.2, 0) is 22.0 Å². The van der Waals surface area contributed by atoms with Gasteiger partial charge in [0.2, 0.25) is 10.0 Å². The Morgan fingerprint density at radius 3 is 2.65 bits per heavy atom. The van der Waals surface area contributed by atoms with E-state index in [2.05, 4.69) is 15.1 Å². The highest BCUT2D eigenvalue weighted by Gasteiger charge is 2.35. The highest BCUT2D eigenvalue weighted by Crippen LogP contribution is 2.35. The van der Waals surface area contributed by atoms with Gasteiger partial charge in [-0.25, -0.2) is 12.7 Å². The van der Waals surface area contributed by atoms with E-state index in [1.165, 1.54) is 7.05 Å². The lowest BCUT2D eigenvalue weighted by molar-refractivity contribution is -0.137. The molecule has 2 aromatic rings. The standard InChI is InChI=1S/C12H13F3N4O3S/c1-3-19(2)23(20,21)7-10-17-11(22-18-10)8-6-16-5-4-9(8)12(13,14)15/h4-6H,3,7H2,1-2H3. The fourth-order valence-electron chi connectivity index (χ4n) is 1.70. The van der Waals surface area contributed by atoms with Crippen molar-refractivity contribution in [2.24, 2.45) is 0 Å². The van der Waals surface area contributed by atoms with E-state index in [0.717, 1.165) is 22.8 Å². The smallest absolute Gasteiger partial charge is 0.334 e. The van der Waals surface area contributed by atoms with Gasteiger partial charge in [0.25, 0.3) is 5.89 Å². The number of alkyl halides is 3. The van der Waals surface area contributed by atoms with Gasteiger partial charge in [-0.1, -0.05) is 12.1 Å². The molecule has 0 aliphatic carbocycles. The third-order valence-corrected chi connectivity index (χ3v) is 4.89. The predicted molar refractivity (Wildman–Crippen MR) is 73.5 cm³/mol. The maximum atomic E-state index is 12.9. The molecule has 11 heteroatoms. The maximum Gasteiger partial charge on any atom is 0.417 e. The van der Waals surface area contributed by atoms with Crippen LogP contribution in [0.15, 0.2) is 23.0 Å². The summed E-state index contributed by atoms with van der Waals surface area (Å²) in [6.07, 6.45) is -2.70. The number of rotatable bonds is 5. The lowest BCUT2D eigenvalue weighted by Gasteiger charge is -2.12. The van der Waals surface area contributed by atoms with Gasteiger partial charge in [0.15, 0.2) is 5.82 Å². The van der Waals surface area contributed by atoms with Crippen LogP contribution in [0.5, 0.6) is 0 Å². The van der Waals surface area contributed by atoms with E-state index in [4.69, 9.17) is 4.52 Å². The highest BCUT2D eigenvalue weighted by atomic mass is 32.2. The Balaban J connectivity index is 2.35. The van der Waals surface area contributed by atoms with Gasteiger partial charge < -0.3 is 4.52 Å². The first-order chi connectivity index (χ1) is 10.6. The van der Waals surface area contributed by atoms with Crippen LogP contribution in [0.4, 0.5) is 13.2 Å². The fraction of sp³-hybridized carbons (Fsp3) is 0.417. The zero-order chi connectivity index (χ0) is 17.3. The molecule has 2 heterocycles. The van der Waals surface area contributed by atoms with Crippen LogP contribution in [0.2, 0.25) is 0 Å². The number of halogens is 3. The zero-order valence-electron chi connectivity index (χ0n) is 12.2. The van der Waals surface area contributed by atoms with Gasteiger partial charge in [-0.3, -0.25) is 4.98 Å². The van der Waals surface area contributed by atoms with Gasteiger partial charge in [0.05, 0.1) is 11.1 Å². The quantitative estimate of drug-likeness (QED) is 0.819. The van der Waals surface area contributed by atoms with Crippen LogP contribution >= 0.6 is 0 Å². The number of aromatic nitrogens is 3. The normalized spacial score (nSPS) is 12.8. The number of hydrogen-bond acceptors (Lipinski definition) is 6. The van der Waals surface area contributed by atoms with E-state index >= 15 is 0 Å². The Labute approximate surface area is 130 Å². The molecule has 0 radical (unpaired) electrons. The minimum Gasteiger partial charge on any atom is -0.334 e. The second-order valence-corrected chi connectivity index (χ2v) is 6.68. The Kier molecular flexibility index (Phi) is 4.71. The summed E-state index contributed by atoms with van der Waals surface area (Å²) in [6, 6.07) is 0.779. The Hall–Kier alpha value is -2.01. The molecule has 0 spiro atoms. The number of sulfonamides is 1. The molecule has 2 aromatic heterocycles. The Bertz CT molecular complexity index is 789. The molecule has 0 fully saturated rings. The van der Waals surface area contributed by atoms with Gasteiger partial charge >= 0.3 is 6.18 Å². The van der Waals surface area contributed by atoms with E-state index < -0.39 is 39.0 Å². The summed E-state index contributed by atoms with van der Waals surface area (Å²) < 4.78 is 68.5. The van der Waals surface area contributed by atoms with Crippen LogP contribution in [0.1, 0.15) is 18.3 Å². The summed E-state index contributed by atoms with van der Waals surface area (Å²) in [4.78, 5) is 7.34. The van der Waals surface area contributed by atoms with Crippen molar-refractivity contribution in [1.29, 1.82) is 0 Å². The SMILES string of the molecule is CCN(C)S(=O)(=O)Cc1noc(-c2cnccc2C(F)(F)F)n1. The minimum absolute atomic E-state index is 0.225. The molecule has 0 aliphatic heterocycles. The largest absolute Gasteiger partial charge is 0.417 e. The number of pyridine rings is 1. The van der Waals surface area contributed by atoms with E-state index in [-0.39, 0.29) is 12.4 Å². The molecule has 0 aromatic carbocycles. The summed E-state index contributed by atoms with van der Waals surface area (Å²) in [6.45, 7) is 1.89. The molecule has 2 rings (SSSR count). The minimum atomic E-state index is -4.62. The summed E-state index contributed by atoms with van der Waals surface area (Å²) in [7, 11) is -2.29. The third-order valence-electron chi connectivity index (χ3n) is 3.06. The third kappa shape index (κ3) is 3.85. The van der Waals surface area contributed by atoms with Gasteiger partial charge in [-0.05, 0) is 6.07 Å². The molecule has 126 valence electrons. The molecule has 0 amide bonds. The van der Waals surface area contributed by atoms with Crippen LogP contribution in [0.25, 0.3) is 11.5 Å². The Morgan fingerprint density at radius 1 is 1.35 bits per heavy atom. The van der Waals surface area contributed by atoms with Gasteiger partial charge in [-0.2, -0.15) is 18.2 Å². The van der Waals surface area contributed by atoms with Crippen LogP contribution in [-0.4, -0.2) is 41.4 Å². The van der Waals surface area contributed by atoms with Crippen molar-refractivity contribution >= 4 is 10.0 Å². The summed E-state index contributed by atoms with van der Waals surface area (Å²) in [5, 5.41) is 3.43. The van der Waals surface area contributed by atoms with E-state index in [1.807, 2.05) is 0 Å². The molecule has 0 unspecified atom stereocenters. The molecular formula is C12H13F3N4O3S. The van der Waals surface area contributed by atoms with Crippen LogP contribution in [0, 0.1) is 0 Å². The van der Waals surface area contributed by atoms with Crippen LogP contribution in [0.3, 0.4) is 0 Å². The van der Waals surface area contributed by atoms with Crippen molar-refractivity contribution < 1.29 is 26.1 Å². The lowest BCUT2D eigenvalue weighted by atomic mass is 10.1. The second kappa shape index (κ2) is 6.24. The van der Waals surface area contributed by atoms with Crippen molar-refractivity contribution in [3.8, 4) is 11.5 Å². The average molecular weight is 350 g/mol. The summed E-state index contributed by atoms with van der Waals surface area (Å²) in [5.41, 5.74) is -1.39. The molecule has 0 bridgehead atoms. The molecule has 23 heavy (non-hydrogen) atoms. The van der Waals surface area contributed by atoms with Crippen molar-refractivity contribution in [3.63, 3.8) is 0 Å². The molecule has 0 atom stereocenters. The van der Waals surface area contributed by atoms with Crippen molar-refractivity contribution in [3.05, 3.63) is 29.8 Å². The van der Waals surface area contributed by atoms with Crippen LogP contribution < -0.4 is 0 Å². The summed E-state index contributed by atoms with van der Waals surface area (Å²) in [5.74, 6) is -1.23. The second-order valence-electron chi connectivity index (χ2n) is 4.61. The van der Waals surface area contributed by atoms with Crippen molar-refractivity contribution in [1.82, 2.24) is 19.4 Å². The van der Waals surface area contributed by atoms with Gasteiger partial charge in [-0.15, -0.1) is 0 Å². The zero-order valence-corrected chi connectivity index (χ0v) is 13.0.